The summed E-state index contributed by atoms with van der Waals surface area (Å²) >= 11 is 0. The van der Waals surface area contributed by atoms with Gasteiger partial charge in [-0.05, 0) is 30.9 Å². The van der Waals surface area contributed by atoms with E-state index in [1.165, 1.54) is 4.90 Å². The topological polar surface area (TPSA) is 78.2 Å². The number of hydrogen-bond acceptors (Lipinski definition) is 4. The number of hydrogen-bond donors (Lipinski definition) is 0. The Morgan fingerprint density at radius 1 is 0.923 bits per heavy atom. The molecule has 2 amide bonds. The predicted octanol–water partition coefficient (Wildman–Crippen LogP) is 2.82. The summed E-state index contributed by atoms with van der Waals surface area (Å²) in [5, 5.41) is 10.8. The van der Waals surface area contributed by atoms with Crippen LogP contribution in [-0.2, 0) is 14.4 Å². The molecule has 0 radical (unpaired) electrons. The quantitative estimate of drug-likeness (QED) is 0.745. The summed E-state index contributed by atoms with van der Waals surface area (Å²) in [6, 6.07) is 12.8. The lowest BCUT2D eigenvalue weighted by Crippen LogP contribution is -2.46. The number of benzene rings is 2. The van der Waals surface area contributed by atoms with Gasteiger partial charge in [-0.25, -0.2) is 4.90 Å². The van der Waals surface area contributed by atoms with Crippen LogP contribution < -0.4 is 4.90 Å². The average Bonchev–Trinajstić information content (AvgIpc) is 2.94. The van der Waals surface area contributed by atoms with Gasteiger partial charge in [-0.1, -0.05) is 24.3 Å². The molecule has 3 aliphatic carbocycles. The number of nitriles is 1. The van der Waals surface area contributed by atoms with Crippen molar-refractivity contribution in [3.63, 3.8) is 0 Å². The van der Waals surface area contributed by atoms with E-state index >= 15 is 0 Å². The third-order valence-electron chi connectivity index (χ3n) is 6.33. The van der Waals surface area contributed by atoms with Crippen molar-refractivity contribution in [2.45, 2.75) is 19.3 Å². The third-order valence-corrected chi connectivity index (χ3v) is 6.33. The van der Waals surface area contributed by atoms with E-state index in [4.69, 9.17) is 0 Å². The van der Waals surface area contributed by atoms with E-state index in [0.717, 1.165) is 11.8 Å². The van der Waals surface area contributed by atoms with E-state index < -0.39 is 5.92 Å². The number of rotatable bonds is 1. The molecular weight excluding hydrogens is 328 g/mol. The maximum atomic E-state index is 13.2. The van der Waals surface area contributed by atoms with Crippen molar-refractivity contribution in [2.75, 3.05) is 4.90 Å². The molecule has 5 nitrogen and oxygen atoms in total. The van der Waals surface area contributed by atoms with Gasteiger partial charge >= 0.3 is 0 Å². The Kier molecular flexibility index (Phi) is 3.08. The number of fused-ring (bicyclic) bond motifs is 3. The fraction of sp³-hybridized carbons (Fsp3) is 0.333. The van der Waals surface area contributed by atoms with E-state index in [9.17, 15) is 19.6 Å². The number of Topliss-reactive ketones (excluding diaryl/α,β-unsaturated/α-hetero) is 1. The number of anilines is 1. The number of carbonyl (C=O) groups is 3. The first-order valence-corrected chi connectivity index (χ1v) is 8.94. The summed E-state index contributed by atoms with van der Waals surface area (Å²) in [6.45, 7) is 0. The zero-order chi connectivity index (χ0) is 18.0. The van der Waals surface area contributed by atoms with Gasteiger partial charge in [0.15, 0.2) is 0 Å². The summed E-state index contributed by atoms with van der Waals surface area (Å²) in [7, 11) is 0. The van der Waals surface area contributed by atoms with Gasteiger partial charge in [0, 0.05) is 23.1 Å². The minimum atomic E-state index is -0.503. The minimum Gasteiger partial charge on any atom is -0.299 e. The van der Waals surface area contributed by atoms with Crippen molar-refractivity contribution in [1.29, 1.82) is 5.26 Å². The highest BCUT2D eigenvalue weighted by molar-refractivity contribution is 6.26. The van der Waals surface area contributed by atoms with Crippen LogP contribution in [0.3, 0.4) is 0 Å². The van der Waals surface area contributed by atoms with Crippen molar-refractivity contribution in [1.82, 2.24) is 0 Å². The van der Waals surface area contributed by atoms with Crippen molar-refractivity contribution >= 4 is 34.1 Å². The summed E-state index contributed by atoms with van der Waals surface area (Å²) < 4.78 is 0. The molecule has 1 aliphatic heterocycles. The molecule has 0 aromatic heterocycles. The monoisotopic (exact) mass is 344 g/mol. The minimum absolute atomic E-state index is 0.0106. The van der Waals surface area contributed by atoms with Crippen molar-refractivity contribution < 1.29 is 14.4 Å². The second kappa shape index (κ2) is 5.25. The molecule has 3 saturated carbocycles. The maximum absolute atomic E-state index is 13.2. The molecule has 2 aromatic carbocycles. The molecule has 128 valence electrons. The van der Waals surface area contributed by atoms with Crippen molar-refractivity contribution in [3.05, 3.63) is 42.0 Å². The van der Waals surface area contributed by atoms with Gasteiger partial charge in [0.2, 0.25) is 11.8 Å². The highest BCUT2D eigenvalue weighted by Crippen LogP contribution is 2.52. The first-order chi connectivity index (χ1) is 12.6. The average molecular weight is 344 g/mol. The molecule has 1 heterocycles. The van der Waals surface area contributed by atoms with Crippen LogP contribution in [0.1, 0.15) is 24.8 Å². The predicted molar refractivity (Wildman–Crippen MR) is 94.0 cm³/mol. The zero-order valence-electron chi connectivity index (χ0n) is 14.0. The summed E-state index contributed by atoms with van der Waals surface area (Å²) in [6.07, 6.45) is 1.98. The van der Waals surface area contributed by atoms with Gasteiger partial charge in [-0.3, -0.25) is 14.4 Å². The molecule has 0 spiro atoms. The largest absolute Gasteiger partial charge is 0.299 e. The van der Waals surface area contributed by atoms with Crippen LogP contribution in [0.2, 0.25) is 0 Å². The normalized spacial score (nSPS) is 30.0. The Bertz CT molecular complexity index is 1040. The molecule has 26 heavy (non-hydrogen) atoms. The lowest BCUT2D eigenvalue weighted by Gasteiger charge is -2.41. The SMILES string of the molecule is N#Cc1ccc(N2C(=O)C3C4CCC(C(=O)C4)C3C2=O)c2ccccc12. The molecule has 0 N–H and O–H groups in total. The standard InChI is InChI=1S/C21H16N2O3/c22-10-12-6-8-16(14-4-2-1-3-13(12)14)23-20(25)18-11-5-7-15(17(24)9-11)19(18)21(23)26/h1-4,6,8,11,15,18-19H,5,7,9H2. The number of nitrogens with zero attached hydrogens (tertiary/aromatic N) is 2. The van der Waals surface area contributed by atoms with E-state index in [1.807, 2.05) is 24.3 Å². The summed E-state index contributed by atoms with van der Waals surface area (Å²) in [4.78, 5) is 39.9. The number of imide groups is 1. The summed E-state index contributed by atoms with van der Waals surface area (Å²) in [5.41, 5.74) is 1.03. The van der Waals surface area contributed by atoms with Gasteiger partial charge in [0.05, 0.1) is 29.2 Å². The Morgan fingerprint density at radius 3 is 2.38 bits per heavy atom. The molecule has 2 bridgehead atoms. The first-order valence-electron chi connectivity index (χ1n) is 8.94. The Morgan fingerprint density at radius 2 is 1.65 bits per heavy atom. The molecular formula is C21H16N2O3. The van der Waals surface area contributed by atoms with Crippen LogP contribution in [0.15, 0.2) is 36.4 Å². The Hall–Kier alpha value is -3.00. The zero-order valence-corrected chi connectivity index (χ0v) is 14.0. The van der Waals surface area contributed by atoms with Crippen molar-refractivity contribution in [2.24, 2.45) is 23.7 Å². The van der Waals surface area contributed by atoms with Gasteiger partial charge in [0.25, 0.3) is 0 Å². The van der Waals surface area contributed by atoms with Crippen LogP contribution in [-0.4, -0.2) is 17.6 Å². The molecule has 5 heteroatoms. The molecule has 4 aliphatic rings. The second-order valence-corrected chi connectivity index (χ2v) is 7.47. The second-order valence-electron chi connectivity index (χ2n) is 7.47. The van der Waals surface area contributed by atoms with Crippen LogP contribution in [0, 0.1) is 35.0 Å². The van der Waals surface area contributed by atoms with Crippen LogP contribution in [0.25, 0.3) is 10.8 Å². The lowest BCUT2D eigenvalue weighted by atomic mass is 9.59. The van der Waals surface area contributed by atoms with Crippen LogP contribution >= 0.6 is 0 Å². The summed E-state index contributed by atoms with van der Waals surface area (Å²) in [5.74, 6) is -1.49. The molecule has 1 saturated heterocycles. The van der Waals surface area contributed by atoms with Crippen molar-refractivity contribution in [3.8, 4) is 6.07 Å². The van der Waals surface area contributed by atoms with Crippen LogP contribution in [0.4, 0.5) is 5.69 Å². The van der Waals surface area contributed by atoms with Gasteiger partial charge in [-0.2, -0.15) is 5.26 Å². The highest BCUT2D eigenvalue weighted by atomic mass is 16.2. The van der Waals surface area contributed by atoms with Crippen LogP contribution in [0.5, 0.6) is 0 Å². The molecule has 4 atom stereocenters. The van der Waals surface area contributed by atoms with Gasteiger partial charge < -0.3 is 0 Å². The van der Waals surface area contributed by atoms with E-state index in [-0.39, 0.29) is 35.4 Å². The molecule has 6 rings (SSSR count). The first kappa shape index (κ1) is 15.3. The number of amides is 2. The van der Waals surface area contributed by atoms with E-state index in [0.29, 0.717) is 29.5 Å². The Labute approximate surface area is 150 Å². The third kappa shape index (κ3) is 1.82. The molecule has 4 unspecified atom stereocenters. The Balaban J connectivity index is 1.68. The van der Waals surface area contributed by atoms with Gasteiger partial charge in [0.1, 0.15) is 5.78 Å². The molecule has 4 fully saturated rings. The lowest BCUT2D eigenvalue weighted by molar-refractivity contribution is -0.143. The van der Waals surface area contributed by atoms with E-state index in [1.54, 1.807) is 12.1 Å². The molecule has 2 aromatic rings. The van der Waals surface area contributed by atoms with Gasteiger partial charge in [-0.15, -0.1) is 0 Å². The highest BCUT2D eigenvalue weighted by Gasteiger charge is 2.61. The fourth-order valence-electron chi connectivity index (χ4n) is 5.20. The fourth-order valence-corrected chi connectivity index (χ4v) is 5.20. The smallest absolute Gasteiger partial charge is 0.238 e. The number of carbonyl (C=O) groups excluding carboxylic acids is 3. The maximum Gasteiger partial charge on any atom is 0.238 e. The number of ketones is 1. The van der Waals surface area contributed by atoms with E-state index in [2.05, 4.69) is 6.07 Å².